The quantitative estimate of drug-likeness (QED) is 0.0832. The molecule has 2 aliphatic heterocycles. The first kappa shape index (κ1) is 35.9. The summed E-state index contributed by atoms with van der Waals surface area (Å²) in [6, 6.07) is 16.0. The number of aromatic nitrogens is 3. The zero-order valence-corrected chi connectivity index (χ0v) is 30.6. The van der Waals surface area contributed by atoms with Gasteiger partial charge in [-0.2, -0.15) is 13.2 Å². The number of fused-ring (bicyclic) bond motifs is 2. The monoisotopic (exact) mass is 753 g/mol. The zero-order chi connectivity index (χ0) is 36.7. The fourth-order valence-electron chi connectivity index (χ4n) is 6.99. The molecule has 0 radical (unpaired) electrons. The van der Waals surface area contributed by atoms with Crippen molar-refractivity contribution >= 4 is 45.9 Å². The topological polar surface area (TPSA) is 72.8 Å². The van der Waals surface area contributed by atoms with Crippen LogP contribution in [0.25, 0.3) is 22.2 Å². The van der Waals surface area contributed by atoms with Crippen molar-refractivity contribution in [3.05, 3.63) is 87.7 Å². The van der Waals surface area contributed by atoms with E-state index in [0.29, 0.717) is 23.9 Å². The van der Waals surface area contributed by atoms with Gasteiger partial charge in [0.2, 0.25) is 0 Å². The summed E-state index contributed by atoms with van der Waals surface area (Å²) in [7, 11) is 3.14. The van der Waals surface area contributed by atoms with Gasteiger partial charge in [0.15, 0.2) is 16.7 Å². The molecule has 0 saturated carbocycles. The second-order valence-electron chi connectivity index (χ2n) is 12.8. The number of nitrogens with zero attached hydrogens (tertiary/aromatic N) is 5. The van der Waals surface area contributed by atoms with Crippen LogP contribution in [0.15, 0.2) is 59.8 Å². The summed E-state index contributed by atoms with van der Waals surface area (Å²) >= 11 is 8.23. The Bertz CT molecular complexity index is 2070. The number of halogens is 5. The van der Waals surface area contributed by atoms with Gasteiger partial charge in [-0.25, -0.2) is 19.3 Å². The maximum absolute atomic E-state index is 17.2. The van der Waals surface area contributed by atoms with Gasteiger partial charge in [0.25, 0.3) is 0 Å². The molecule has 0 N–H and O–H groups in total. The van der Waals surface area contributed by atoms with Crippen LogP contribution in [0.2, 0.25) is 5.02 Å². The van der Waals surface area contributed by atoms with E-state index in [9.17, 15) is 0 Å². The number of benzene rings is 3. The lowest BCUT2D eigenvalue weighted by Crippen LogP contribution is -2.42. The average molecular weight is 754 g/mol. The van der Waals surface area contributed by atoms with Gasteiger partial charge >= 0.3 is 6.18 Å². The van der Waals surface area contributed by atoms with Gasteiger partial charge in [0.05, 0.1) is 47.5 Å². The summed E-state index contributed by atoms with van der Waals surface area (Å²) in [6.45, 7) is 2.76. The number of ether oxygens (including phenoxy) is 3. The molecule has 0 unspecified atom stereocenters. The standard InChI is InChI=1S/C38H36ClF4N5O3S/c1-21-17-27(47(18-22-8-12-25(49-2)13-9-22)19-23-10-14-26(50-3)15-11-23)44-33(30(21)38(41,42)43)28-31(39)35-29-34(32(28)40)45-37(52-4)46-36(29)48-16-6-5-7-24(48)20-51-35/h8-15,17,24H,5-7,16,18-20H2,1-4H3/t24-/m0/s1. The van der Waals surface area contributed by atoms with E-state index in [0.717, 1.165) is 30.4 Å². The van der Waals surface area contributed by atoms with Gasteiger partial charge in [-0.05, 0) is 79.5 Å². The van der Waals surface area contributed by atoms with E-state index in [4.69, 9.17) is 30.8 Å². The van der Waals surface area contributed by atoms with E-state index >= 15 is 17.6 Å². The molecule has 1 fully saturated rings. The highest BCUT2D eigenvalue weighted by Gasteiger charge is 2.41. The maximum atomic E-state index is 17.2. The Hall–Kier alpha value is -4.49. The number of methoxy groups -OCH3 is 2. The summed E-state index contributed by atoms with van der Waals surface area (Å²) in [5, 5.41) is 0.222. The molecule has 272 valence electrons. The van der Waals surface area contributed by atoms with Crippen LogP contribution in [0.1, 0.15) is 41.5 Å². The van der Waals surface area contributed by atoms with Crippen molar-refractivity contribution in [1.29, 1.82) is 0 Å². The van der Waals surface area contributed by atoms with Gasteiger partial charge in [-0.3, -0.25) is 0 Å². The lowest BCUT2D eigenvalue weighted by atomic mass is 9.98. The Morgan fingerprint density at radius 3 is 2.17 bits per heavy atom. The summed E-state index contributed by atoms with van der Waals surface area (Å²) in [6.07, 6.45) is -0.425. The van der Waals surface area contributed by atoms with Crippen LogP contribution in [0.3, 0.4) is 0 Å². The van der Waals surface area contributed by atoms with Crippen molar-refractivity contribution in [2.24, 2.45) is 0 Å². The second kappa shape index (κ2) is 14.5. The van der Waals surface area contributed by atoms with E-state index in [1.165, 1.54) is 24.8 Å². The predicted molar refractivity (Wildman–Crippen MR) is 196 cm³/mol. The molecule has 1 saturated heterocycles. The van der Waals surface area contributed by atoms with Crippen molar-refractivity contribution in [2.45, 2.75) is 56.7 Å². The summed E-state index contributed by atoms with van der Waals surface area (Å²) in [5.74, 6) is 1.02. The van der Waals surface area contributed by atoms with E-state index < -0.39 is 28.8 Å². The molecule has 8 nitrogen and oxygen atoms in total. The first-order valence-corrected chi connectivity index (χ1v) is 18.4. The van der Waals surface area contributed by atoms with Gasteiger partial charge in [0.1, 0.15) is 35.3 Å². The Labute approximate surface area is 308 Å². The van der Waals surface area contributed by atoms with Gasteiger partial charge in [0, 0.05) is 19.6 Å². The molecule has 2 aromatic heterocycles. The van der Waals surface area contributed by atoms with Gasteiger partial charge in [-0.1, -0.05) is 47.6 Å². The third-order valence-corrected chi connectivity index (χ3v) is 10.5. The van der Waals surface area contributed by atoms with Crippen LogP contribution in [0, 0.1) is 12.7 Å². The smallest absolute Gasteiger partial charge is 0.418 e. The maximum Gasteiger partial charge on any atom is 0.418 e. The molecule has 5 aromatic rings. The van der Waals surface area contributed by atoms with Crippen LogP contribution in [-0.4, -0.2) is 54.6 Å². The van der Waals surface area contributed by atoms with Crippen LogP contribution in [0.4, 0.5) is 29.2 Å². The molecular formula is C38H36ClF4N5O3S. The molecule has 2 aliphatic rings. The normalized spacial score (nSPS) is 15.6. The van der Waals surface area contributed by atoms with E-state index in [1.807, 2.05) is 53.4 Å². The highest BCUT2D eigenvalue weighted by molar-refractivity contribution is 7.98. The van der Waals surface area contributed by atoms with Crippen molar-refractivity contribution in [3.63, 3.8) is 0 Å². The molecule has 0 amide bonds. The molecule has 1 atom stereocenters. The summed E-state index contributed by atoms with van der Waals surface area (Å²) < 4.78 is 79.3. The number of thioether (sulfide) groups is 1. The number of hydrogen-bond donors (Lipinski definition) is 0. The zero-order valence-electron chi connectivity index (χ0n) is 29.0. The Kier molecular flexibility index (Phi) is 10.0. The van der Waals surface area contributed by atoms with Gasteiger partial charge in [-0.15, -0.1) is 0 Å². The lowest BCUT2D eigenvalue weighted by Gasteiger charge is -2.35. The molecule has 7 rings (SSSR count). The third kappa shape index (κ3) is 6.76. The fraction of sp³-hybridized carbons (Fsp3) is 0.342. The van der Waals surface area contributed by atoms with E-state index in [1.54, 1.807) is 20.5 Å². The number of rotatable bonds is 9. The van der Waals surface area contributed by atoms with Crippen molar-refractivity contribution in [2.75, 3.05) is 43.4 Å². The molecule has 14 heteroatoms. The van der Waals surface area contributed by atoms with Crippen LogP contribution >= 0.6 is 23.4 Å². The number of aryl methyl sites for hydroxylation is 1. The number of hydrogen-bond acceptors (Lipinski definition) is 9. The number of pyridine rings is 1. The molecule has 0 aliphatic carbocycles. The Morgan fingerprint density at radius 2 is 1.60 bits per heavy atom. The fourth-order valence-corrected chi connectivity index (χ4v) is 7.67. The minimum atomic E-state index is -4.90. The number of anilines is 2. The SMILES string of the molecule is COc1ccc(CN(Cc2ccc(OC)cc2)c2cc(C)c(C(F)(F)F)c(-c3c(Cl)c4c5c(nc(SC)nc5c3F)N3CCCC[C@H]3CO4)n2)cc1. The highest BCUT2D eigenvalue weighted by atomic mass is 35.5. The average Bonchev–Trinajstić information content (AvgIpc) is 3.31. The van der Waals surface area contributed by atoms with Crippen LogP contribution in [-0.2, 0) is 19.3 Å². The second-order valence-corrected chi connectivity index (χ2v) is 14.0. The first-order valence-electron chi connectivity index (χ1n) is 16.8. The Balaban J connectivity index is 1.45. The lowest BCUT2D eigenvalue weighted by molar-refractivity contribution is -0.137. The summed E-state index contributed by atoms with van der Waals surface area (Å²) in [4.78, 5) is 17.8. The number of piperidine rings is 1. The van der Waals surface area contributed by atoms with Gasteiger partial charge < -0.3 is 24.0 Å². The van der Waals surface area contributed by atoms with Crippen LogP contribution < -0.4 is 24.0 Å². The van der Waals surface area contributed by atoms with Crippen molar-refractivity contribution < 1.29 is 31.8 Å². The minimum Gasteiger partial charge on any atom is -0.497 e. The minimum absolute atomic E-state index is 0.0522. The molecule has 0 bridgehead atoms. The highest BCUT2D eigenvalue weighted by Crippen LogP contribution is 2.51. The van der Waals surface area contributed by atoms with Crippen LogP contribution in [0.5, 0.6) is 17.2 Å². The summed E-state index contributed by atoms with van der Waals surface area (Å²) in [5.41, 5.74) is -0.867. The molecule has 3 aromatic carbocycles. The third-order valence-electron chi connectivity index (χ3n) is 9.56. The number of alkyl halides is 3. The van der Waals surface area contributed by atoms with Crippen molar-refractivity contribution in [1.82, 2.24) is 15.0 Å². The van der Waals surface area contributed by atoms with E-state index in [2.05, 4.69) is 14.9 Å². The molecule has 4 heterocycles. The molecule has 52 heavy (non-hydrogen) atoms. The predicted octanol–water partition coefficient (Wildman–Crippen LogP) is 9.51. The largest absolute Gasteiger partial charge is 0.497 e. The first-order chi connectivity index (χ1) is 25.0. The Morgan fingerprint density at radius 1 is 0.962 bits per heavy atom. The van der Waals surface area contributed by atoms with E-state index in [-0.39, 0.29) is 64.0 Å². The molecular weight excluding hydrogens is 718 g/mol. The van der Waals surface area contributed by atoms with Crippen molar-refractivity contribution in [3.8, 4) is 28.5 Å². The molecule has 0 spiro atoms.